The molecule has 0 aromatic heterocycles. The Hall–Kier alpha value is -0.900. The van der Waals surface area contributed by atoms with E-state index in [1.165, 1.54) is 0 Å². The van der Waals surface area contributed by atoms with Crippen molar-refractivity contribution in [2.24, 2.45) is 0 Å². The normalized spacial score (nSPS) is 10.6. The molecule has 3 N–H and O–H groups in total. The Kier molecular flexibility index (Phi) is 4.93. The van der Waals surface area contributed by atoms with Crippen LogP contribution >= 0.6 is 15.9 Å². The van der Waals surface area contributed by atoms with Crippen molar-refractivity contribution < 1.29 is 4.74 Å². The first kappa shape index (κ1) is 13.2. The van der Waals surface area contributed by atoms with Crippen LogP contribution in [0.4, 0.5) is 11.4 Å². The Labute approximate surface area is 105 Å². The molecule has 0 aliphatic rings. The largest absolute Gasteiger partial charge is 0.492 e. The first-order valence-corrected chi connectivity index (χ1v) is 6.32. The third kappa shape index (κ3) is 3.59. The quantitative estimate of drug-likeness (QED) is 0.813. The summed E-state index contributed by atoms with van der Waals surface area (Å²) in [5, 5.41) is 3.29. The van der Waals surface area contributed by atoms with Gasteiger partial charge in [0, 0.05) is 12.1 Å². The van der Waals surface area contributed by atoms with Gasteiger partial charge in [0.25, 0.3) is 0 Å². The minimum Gasteiger partial charge on any atom is -0.492 e. The molecule has 0 fully saturated rings. The molecule has 0 saturated heterocycles. The Morgan fingerprint density at radius 3 is 2.69 bits per heavy atom. The highest BCUT2D eigenvalue weighted by molar-refractivity contribution is 9.10. The van der Waals surface area contributed by atoms with Gasteiger partial charge in [0.05, 0.1) is 22.5 Å². The second kappa shape index (κ2) is 5.99. The molecule has 0 saturated carbocycles. The first-order valence-electron chi connectivity index (χ1n) is 5.53. The summed E-state index contributed by atoms with van der Waals surface area (Å²) in [4.78, 5) is 0. The van der Waals surface area contributed by atoms with Gasteiger partial charge in [-0.2, -0.15) is 0 Å². The number of ether oxygens (including phenoxy) is 1. The number of nitrogens with one attached hydrogen (secondary N) is 1. The van der Waals surface area contributed by atoms with Crippen LogP contribution in [0.1, 0.15) is 27.2 Å². The molecule has 0 unspecified atom stereocenters. The lowest BCUT2D eigenvalue weighted by Crippen LogP contribution is -2.11. The average molecular weight is 287 g/mol. The summed E-state index contributed by atoms with van der Waals surface area (Å²) >= 11 is 3.44. The summed E-state index contributed by atoms with van der Waals surface area (Å²) in [6.45, 7) is 6.95. The number of rotatable bonds is 5. The number of hydrogen-bond acceptors (Lipinski definition) is 3. The van der Waals surface area contributed by atoms with Crippen LogP contribution in [0.25, 0.3) is 0 Å². The van der Waals surface area contributed by atoms with E-state index in [9.17, 15) is 0 Å². The van der Waals surface area contributed by atoms with Crippen molar-refractivity contribution in [3.63, 3.8) is 0 Å². The van der Waals surface area contributed by atoms with Crippen LogP contribution in [-0.4, -0.2) is 12.6 Å². The lowest BCUT2D eigenvalue weighted by atomic mass is 10.2. The Morgan fingerprint density at radius 2 is 2.12 bits per heavy atom. The average Bonchev–Trinajstić information content (AvgIpc) is 2.20. The molecule has 0 bridgehead atoms. The van der Waals surface area contributed by atoms with Crippen LogP contribution in [0, 0.1) is 0 Å². The Balaban J connectivity index is 2.92. The second-order valence-corrected chi connectivity index (χ2v) is 4.87. The fourth-order valence-corrected chi connectivity index (χ4v) is 1.80. The van der Waals surface area contributed by atoms with Gasteiger partial charge in [-0.3, -0.25) is 0 Å². The molecular weight excluding hydrogens is 268 g/mol. The van der Waals surface area contributed by atoms with E-state index in [4.69, 9.17) is 10.5 Å². The van der Waals surface area contributed by atoms with Crippen LogP contribution in [0.15, 0.2) is 16.6 Å². The molecule has 1 aromatic carbocycles. The van der Waals surface area contributed by atoms with Gasteiger partial charge in [-0.1, -0.05) is 6.92 Å². The summed E-state index contributed by atoms with van der Waals surface area (Å²) < 4.78 is 6.52. The van der Waals surface area contributed by atoms with Gasteiger partial charge in [0.15, 0.2) is 0 Å². The highest BCUT2D eigenvalue weighted by Gasteiger charge is 2.08. The molecule has 0 atom stereocenters. The zero-order chi connectivity index (χ0) is 12.1. The van der Waals surface area contributed by atoms with Crippen molar-refractivity contribution in [2.45, 2.75) is 33.2 Å². The molecule has 0 amide bonds. The summed E-state index contributed by atoms with van der Waals surface area (Å²) in [5.74, 6) is 0.833. The molecule has 0 spiro atoms. The zero-order valence-corrected chi connectivity index (χ0v) is 11.6. The summed E-state index contributed by atoms with van der Waals surface area (Å²) in [6.07, 6.45) is 0.990. The maximum Gasteiger partial charge on any atom is 0.135 e. The summed E-state index contributed by atoms with van der Waals surface area (Å²) in [5.41, 5.74) is 7.57. The Bertz CT molecular complexity index is 353. The molecule has 0 aliphatic heterocycles. The van der Waals surface area contributed by atoms with Crippen molar-refractivity contribution in [1.29, 1.82) is 0 Å². The number of hydrogen-bond donors (Lipinski definition) is 2. The molecule has 1 aromatic rings. The molecule has 0 aliphatic carbocycles. The Morgan fingerprint density at radius 1 is 1.44 bits per heavy atom. The topological polar surface area (TPSA) is 47.3 Å². The molecule has 4 heteroatoms. The number of benzene rings is 1. The zero-order valence-electron chi connectivity index (χ0n) is 10.0. The van der Waals surface area contributed by atoms with E-state index in [-0.39, 0.29) is 0 Å². The summed E-state index contributed by atoms with van der Waals surface area (Å²) in [6, 6.07) is 4.16. The van der Waals surface area contributed by atoms with Gasteiger partial charge in [0.2, 0.25) is 0 Å². The molecule has 90 valence electrons. The number of nitrogens with two attached hydrogens (primary N) is 1. The van der Waals surface area contributed by atoms with E-state index < -0.39 is 0 Å². The van der Waals surface area contributed by atoms with E-state index in [2.05, 4.69) is 42.0 Å². The van der Waals surface area contributed by atoms with Crippen molar-refractivity contribution in [3.05, 3.63) is 16.6 Å². The fourth-order valence-electron chi connectivity index (χ4n) is 1.33. The summed E-state index contributed by atoms with van der Waals surface area (Å²) in [7, 11) is 0. The predicted octanol–water partition coefficient (Wildman–Crippen LogP) is 3.64. The van der Waals surface area contributed by atoms with Gasteiger partial charge in [-0.15, -0.1) is 0 Å². The lowest BCUT2D eigenvalue weighted by molar-refractivity contribution is 0.315. The molecule has 0 radical (unpaired) electrons. The maximum absolute atomic E-state index is 5.92. The van der Waals surface area contributed by atoms with Crippen LogP contribution in [0.2, 0.25) is 0 Å². The van der Waals surface area contributed by atoms with Crippen LogP contribution in [-0.2, 0) is 0 Å². The number of halogens is 1. The molecule has 1 rings (SSSR count). The predicted molar refractivity (Wildman–Crippen MR) is 73.1 cm³/mol. The standard InChI is InChI=1S/C12H19BrN2O/c1-4-5-16-12-7-11(15-8(2)3)10(14)6-9(12)13/h6-8,15H,4-5,14H2,1-3H3. The molecular formula is C12H19BrN2O. The van der Waals surface area contributed by atoms with E-state index in [1.807, 2.05) is 12.1 Å². The highest BCUT2D eigenvalue weighted by atomic mass is 79.9. The minimum absolute atomic E-state index is 0.350. The van der Waals surface area contributed by atoms with E-state index in [0.29, 0.717) is 12.6 Å². The van der Waals surface area contributed by atoms with Gasteiger partial charge >= 0.3 is 0 Å². The molecule has 3 nitrogen and oxygen atoms in total. The van der Waals surface area contributed by atoms with Gasteiger partial charge in [-0.05, 0) is 42.3 Å². The molecule has 0 heterocycles. The van der Waals surface area contributed by atoms with Crippen LogP contribution in [0.3, 0.4) is 0 Å². The van der Waals surface area contributed by atoms with Gasteiger partial charge in [0.1, 0.15) is 5.75 Å². The lowest BCUT2D eigenvalue weighted by Gasteiger charge is -2.15. The smallest absolute Gasteiger partial charge is 0.135 e. The monoisotopic (exact) mass is 286 g/mol. The van der Waals surface area contributed by atoms with Gasteiger partial charge < -0.3 is 15.8 Å². The van der Waals surface area contributed by atoms with E-state index >= 15 is 0 Å². The van der Waals surface area contributed by atoms with Crippen molar-refractivity contribution >= 4 is 27.3 Å². The second-order valence-electron chi connectivity index (χ2n) is 4.02. The third-order valence-electron chi connectivity index (χ3n) is 2.01. The SMILES string of the molecule is CCCOc1cc(NC(C)C)c(N)cc1Br. The van der Waals surface area contributed by atoms with Crippen LogP contribution < -0.4 is 15.8 Å². The fraction of sp³-hybridized carbons (Fsp3) is 0.500. The van der Waals surface area contributed by atoms with Crippen LogP contribution in [0.5, 0.6) is 5.75 Å². The van der Waals surface area contributed by atoms with Crippen molar-refractivity contribution in [2.75, 3.05) is 17.7 Å². The highest BCUT2D eigenvalue weighted by Crippen LogP contribution is 2.33. The number of anilines is 2. The van der Waals surface area contributed by atoms with Crippen molar-refractivity contribution in [1.82, 2.24) is 0 Å². The van der Waals surface area contributed by atoms with E-state index in [0.717, 1.165) is 28.0 Å². The third-order valence-corrected chi connectivity index (χ3v) is 2.63. The first-order chi connectivity index (χ1) is 7.54. The maximum atomic E-state index is 5.92. The van der Waals surface area contributed by atoms with Gasteiger partial charge in [-0.25, -0.2) is 0 Å². The minimum atomic E-state index is 0.350. The molecule has 16 heavy (non-hydrogen) atoms. The number of nitrogen functional groups attached to an aromatic ring is 1. The van der Waals surface area contributed by atoms with E-state index in [1.54, 1.807) is 0 Å². The van der Waals surface area contributed by atoms with Crippen molar-refractivity contribution in [3.8, 4) is 5.75 Å².